The Morgan fingerprint density at radius 2 is 2.00 bits per heavy atom. The van der Waals surface area contributed by atoms with Crippen molar-refractivity contribution in [3.63, 3.8) is 0 Å². The van der Waals surface area contributed by atoms with Gasteiger partial charge in [0.25, 0.3) is 0 Å². The van der Waals surface area contributed by atoms with Gasteiger partial charge in [-0.2, -0.15) is 0 Å². The van der Waals surface area contributed by atoms with Crippen LogP contribution in [0.4, 0.5) is 0 Å². The van der Waals surface area contributed by atoms with Crippen LogP contribution in [0.5, 0.6) is 5.75 Å². The number of Topliss-reactive ketones (excluding diaryl/α,β-unsaturated/α-hetero) is 1. The predicted molar refractivity (Wildman–Crippen MR) is 150 cm³/mol. The van der Waals surface area contributed by atoms with E-state index in [1.807, 2.05) is 55.8 Å². The van der Waals surface area contributed by atoms with E-state index in [0.29, 0.717) is 35.7 Å². The summed E-state index contributed by atoms with van der Waals surface area (Å²) in [5.74, 6) is 1.90. The number of carbonyl (C=O) groups is 1. The molecule has 6 rings (SSSR count). The molecule has 2 fully saturated rings. The second-order valence-corrected chi connectivity index (χ2v) is 11.0. The summed E-state index contributed by atoms with van der Waals surface area (Å²) < 4.78 is 6.09. The molecule has 4 aromatic rings. The maximum atomic E-state index is 13.3. The predicted octanol–water partition coefficient (Wildman–Crippen LogP) is 6.00. The van der Waals surface area contributed by atoms with Crippen LogP contribution in [0.15, 0.2) is 55.0 Å². The first-order chi connectivity index (χ1) is 18.6. The summed E-state index contributed by atoms with van der Waals surface area (Å²) in [6.45, 7) is 5.44. The first-order valence-electron chi connectivity index (χ1n) is 13.7. The Balaban J connectivity index is 1.20. The number of aromatic nitrogens is 3. The number of carbonyl (C=O) groups excluding carboxylic acids is 1. The summed E-state index contributed by atoms with van der Waals surface area (Å²) >= 11 is 6.01. The standard InChI is InChI=1S/C30H34ClN5O2/c1-2-28(37)27-16-21(24-9-12-32-26-17-34-30-25(29(24)26)10-13-33-30)11-15-36(27)35-14-3-4-20(18-35)19-38-23-7-5-22(31)6-8-23/h5-10,12-13,17,20-21,27,32H,2-4,11,14-16,18-19H2,1H3. The van der Waals surface area contributed by atoms with Crippen LogP contribution in [0.1, 0.15) is 50.5 Å². The van der Waals surface area contributed by atoms with Crippen LogP contribution in [0.2, 0.25) is 5.02 Å². The van der Waals surface area contributed by atoms with Crippen LogP contribution in [-0.2, 0) is 4.79 Å². The lowest BCUT2D eigenvalue weighted by atomic mass is 9.82. The lowest BCUT2D eigenvalue weighted by molar-refractivity contribution is -0.144. The number of benzene rings is 1. The number of halogens is 1. The molecule has 0 spiro atoms. The normalized spacial score (nSPS) is 23.2. The number of H-pyrrole nitrogens is 1. The number of ether oxygens (including phenoxy) is 1. The molecular formula is C30H34ClN5O2. The van der Waals surface area contributed by atoms with Gasteiger partial charge in [0.1, 0.15) is 5.75 Å². The zero-order chi connectivity index (χ0) is 26.1. The Labute approximate surface area is 228 Å². The number of ketones is 1. The van der Waals surface area contributed by atoms with Crippen LogP contribution < -0.4 is 4.74 Å². The molecule has 1 aromatic carbocycles. The van der Waals surface area contributed by atoms with E-state index in [2.05, 4.69) is 31.0 Å². The minimum absolute atomic E-state index is 0.107. The minimum Gasteiger partial charge on any atom is -0.493 e. The number of hydrogen-bond donors (Lipinski definition) is 1. The van der Waals surface area contributed by atoms with Crippen LogP contribution >= 0.6 is 11.6 Å². The number of rotatable bonds is 7. The second kappa shape index (κ2) is 11.0. The van der Waals surface area contributed by atoms with Crippen molar-refractivity contribution in [3.05, 3.63) is 65.6 Å². The molecule has 1 N–H and O–H groups in total. The van der Waals surface area contributed by atoms with E-state index in [9.17, 15) is 4.79 Å². The number of nitrogens with one attached hydrogen (secondary N) is 1. The SMILES string of the molecule is CCC(=O)C1CC(c2cc[nH]c3cnc4nccc4c23)CCN1N1CCCC(COc2ccc(Cl)cc2)C1. The molecule has 7 nitrogen and oxygen atoms in total. The molecule has 0 amide bonds. The van der Waals surface area contributed by atoms with Crippen LogP contribution in [0.25, 0.3) is 21.9 Å². The van der Waals surface area contributed by atoms with Gasteiger partial charge in [-0.1, -0.05) is 18.5 Å². The Morgan fingerprint density at radius 1 is 1.13 bits per heavy atom. The third-order valence-electron chi connectivity index (χ3n) is 8.22. The smallest absolute Gasteiger partial charge is 0.159 e. The Kier molecular flexibility index (Phi) is 7.32. The minimum atomic E-state index is -0.107. The van der Waals surface area contributed by atoms with Gasteiger partial charge in [0, 0.05) is 60.2 Å². The number of fused-ring (bicyclic) bond motifs is 3. The van der Waals surface area contributed by atoms with Gasteiger partial charge in [-0.05, 0) is 73.6 Å². The Bertz CT molecular complexity index is 1420. The molecule has 0 radical (unpaired) electrons. The molecule has 3 unspecified atom stereocenters. The van der Waals surface area contributed by atoms with Crippen molar-refractivity contribution in [2.75, 3.05) is 26.2 Å². The average Bonchev–Trinajstić information content (AvgIpc) is 3.45. The van der Waals surface area contributed by atoms with Crippen molar-refractivity contribution in [1.29, 1.82) is 0 Å². The molecule has 3 atom stereocenters. The number of hydrazine groups is 1. The lowest BCUT2D eigenvalue weighted by Gasteiger charge is -2.47. The van der Waals surface area contributed by atoms with Crippen LogP contribution in [0, 0.1) is 5.92 Å². The number of hydrogen-bond acceptors (Lipinski definition) is 6. The van der Waals surface area contributed by atoms with Crippen molar-refractivity contribution >= 4 is 39.3 Å². The largest absolute Gasteiger partial charge is 0.493 e. The highest BCUT2D eigenvalue weighted by Crippen LogP contribution is 2.39. The molecule has 2 aliphatic rings. The molecule has 38 heavy (non-hydrogen) atoms. The molecule has 0 bridgehead atoms. The Morgan fingerprint density at radius 3 is 2.84 bits per heavy atom. The lowest BCUT2D eigenvalue weighted by Crippen LogP contribution is -2.58. The first-order valence-corrected chi connectivity index (χ1v) is 14.1. The van der Waals surface area contributed by atoms with Crippen molar-refractivity contribution < 1.29 is 9.53 Å². The van der Waals surface area contributed by atoms with Gasteiger partial charge in [0.05, 0.1) is 24.4 Å². The van der Waals surface area contributed by atoms with Gasteiger partial charge in [-0.15, -0.1) is 0 Å². The van der Waals surface area contributed by atoms with Gasteiger partial charge in [-0.25, -0.2) is 20.0 Å². The maximum Gasteiger partial charge on any atom is 0.159 e. The summed E-state index contributed by atoms with van der Waals surface area (Å²) in [6.07, 6.45) is 10.3. The van der Waals surface area contributed by atoms with E-state index in [1.165, 1.54) is 10.9 Å². The molecule has 0 saturated carbocycles. The summed E-state index contributed by atoms with van der Waals surface area (Å²) in [4.78, 5) is 25.6. The number of pyridine rings is 2. The van der Waals surface area contributed by atoms with E-state index in [-0.39, 0.29) is 6.04 Å². The highest BCUT2D eigenvalue weighted by atomic mass is 35.5. The monoisotopic (exact) mass is 531 g/mol. The molecule has 5 heterocycles. The fraction of sp³-hybridized carbons (Fsp3) is 0.433. The molecule has 3 aromatic heterocycles. The third kappa shape index (κ3) is 5.03. The molecule has 2 aliphatic heterocycles. The molecule has 0 aliphatic carbocycles. The van der Waals surface area contributed by atoms with Gasteiger partial charge in [0.15, 0.2) is 11.4 Å². The van der Waals surface area contributed by atoms with E-state index in [1.54, 1.807) is 0 Å². The first kappa shape index (κ1) is 25.3. The zero-order valence-corrected chi connectivity index (χ0v) is 22.5. The third-order valence-corrected chi connectivity index (χ3v) is 8.47. The van der Waals surface area contributed by atoms with E-state index in [4.69, 9.17) is 16.3 Å². The molecular weight excluding hydrogens is 498 g/mol. The highest BCUT2D eigenvalue weighted by molar-refractivity contribution is 6.30. The van der Waals surface area contributed by atoms with Crippen molar-refractivity contribution in [2.24, 2.45) is 5.92 Å². The quantitative estimate of drug-likeness (QED) is 0.315. The summed E-state index contributed by atoms with van der Waals surface area (Å²) in [5, 5.41) is 7.80. The zero-order valence-electron chi connectivity index (χ0n) is 21.8. The van der Waals surface area contributed by atoms with Crippen molar-refractivity contribution in [2.45, 2.75) is 51.0 Å². The van der Waals surface area contributed by atoms with Crippen LogP contribution in [0.3, 0.4) is 0 Å². The average molecular weight is 532 g/mol. The number of aromatic amines is 1. The summed E-state index contributed by atoms with van der Waals surface area (Å²) in [5.41, 5.74) is 3.08. The van der Waals surface area contributed by atoms with E-state index >= 15 is 0 Å². The number of piperidine rings is 2. The van der Waals surface area contributed by atoms with E-state index in [0.717, 1.165) is 67.6 Å². The molecule has 2 saturated heterocycles. The fourth-order valence-electron chi connectivity index (χ4n) is 6.29. The second-order valence-electron chi connectivity index (χ2n) is 10.6. The summed E-state index contributed by atoms with van der Waals surface area (Å²) in [7, 11) is 0. The molecule has 198 valence electrons. The number of nitrogens with zero attached hydrogens (tertiary/aromatic N) is 4. The van der Waals surface area contributed by atoms with Crippen molar-refractivity contribution in [3.8, 4) is 5.75 Å². The van der Waals surface area contributed by atoms with Gasteiger partial charge in [0.2, 0.25) is 0 Å². The summed E-state index contributed by atoms with van der Waals surface area (Å²) in [6, 6.07) is 11.7. The van der Waals surface area contributed by atoms with Gasteiger partial charge >= 0.3 is 0 Å². The topological polar surface area (TPSA) is 74.4 Å². The van der Waals surface area contributed by atoms with Crippen molar-refractivity contribution in [1.82, 2.24) is 25.0 Å². The van der Waals surface area contributed by atoms with E-state index < -0.39 is 0 Å². The molecule has 8 heteroatoms. The van der Waals surface area contributed by atoms with Gasteiger partial charge in [-0.3, -0.25) is 4.79 Å². The highest BCUT2D eigenvalue weighted by Gasteiger charge is 2.38. The maximum absolute atomic E-state index is 13.3. The van der Waals surface area contributed by atoms with Gasteiger partial charge < -0.3 is 9.72 Å². The fourth-order valence-corrected chi connectivity index (χ4v) is 6.42. The van der Waals surface area contributed by atoms with Crippen LogP contribution in [-0.4, -0.2) is 63.0 Å². The Hall–Kier alpha value is -3.00.